The molecule has 0 saturated carbocycles. The maximum atomic E-state index is 5.82. The van der Waals surface area contributed by atoms with E-state index in [1.165, 1.54) is 0 Å². The van der Waals surface area contributed by atoms with E-state index in [1.54, 1.807) is 6.07 Å². The molecule has 0 saturated heterocycles. The number of nitrogens with two attached hydrogens (primary N) is 2. The van der Waals surface area contributed by atoms with Gasteiger partial charge in [-0.2, -0.15) is 0 Å². The number of benzene rings is 1. The Bertz CT molecular complexity index is 350. The predicted molar refractivity (Wildman–Crippen MR) is 75.5 cm³/mol. The summed E-state index contributed by atoms with van der Waals surface area (Å²) in [5.74, 6) is 0. The lowest BCUT2D eigenvalue weighted by Gasteiger charge is -2.28. The van der Waals surface area contributed by atoms with Gasteiger partial charge in [-0.15, -0.1) is 0 Å². The minimum absolute atomic E-state index is 0.515. The van der Waals surface area contributed by atoms with E-state index in [-0.39, 0.29) is 0 Å². The van der Waals surface area contributed by atoms with Crippen LogP contribution in [0.25, 0.3) is 0 Å². The van der Waals surface area contributed by atoms with Gasteiger partial charge in [-0.1, -0.05) is 0 Å². The van der Waals surface area contributed by atoms with Crippen molar-refractivity contribution >= 4 is 25.4 Å². The van der Waals surface area contributed by atoms with Crippen molar-refractivity contribution in [2.45, 2.75) is 20.8 Å². The Kier molecular flexibility index (Phi) is 5.61. The van der Waals surface area contributed by atoms with Gasteiger partial charge in [-0.3, -0.25) is 0 Å². The highest BCUT2D eigenvalue weighted by Gasteiger charge is 2.43. The average molecular weight is 270 g/mol. The molecule has 0 aliphatic rings. The molecule has 0 radical (unpaired) electrons. The number of hydrogen-bond donors (Lipinski definition) is 2. The maximum Gasteiger partial charge on any atom is 0.537 e. The Hall–Kier alpha value is -1.08. The zero-order valence-electron chi connectivity index (χ0n) is 11.2. The summed E-state index contributed by atoms with van der Waals surface area (Å²) in [7, 11) is -2.89. The molecule has 6 heteroatoms. The highest BCUT2D eigenvalue weighted by Crippen LogP contribution is 2.15. The third-order valence-corrected chi connectivity index (χ3v) is 5.34. The number of rotatable bonds is 7. The van der Waals surface area contributed by atoms with E-state index in [2.05, 4.69) is 0 Å². The van der Waals surface area contributed by atoms with E-state index in [4.69, 9.17) is 24.7 Å². The van der Waals surface area contributed by atoms with Gasteiger partial charge in [0.2, 0.25) is 0 Å². The van der Waals surface area contributed by atoms with Crippen LogP contribution in [0.5, 0.6) is 0 Å². The number of anilines is 2. The SMILES string of the molecule is CCO[Si](OCC)(OCC)c1cc(N)cc(N)c1. The summed E-state index contributed by atoms with van der Waals surface area (Å²) in [5.41, 5.74) is 12.8. The summed E-state index contributed by atoms with van der Waals surface area (Å²) in [5, 5.41) is 0.811. The van der Waals surface area contributed by atoms with Crippen LogP contribution in [0.15, 0.2) is 18.2 Å². The molecule has 102 valence electrons. The Labute approximate surface area is 109 Å². The fraction of sp³-hybridized carbons (Fsp3) is 0.500. The second-order valence-corrected chi connectivity index (χ2v) is 6.30. The first kappa shape index (κ1) is 15.0. The third-order valence-electron chi connectivity index (χ3n) is 2.33. The summed E-state index contributed by atoms with van der Waals surface area (Å²) in [4.78, 5) is 0. The van der Waals surface area contributed by atoms with Gasteiger partial charge < -0.3 is 24.7 Å². The molecule has 0 bridgehead atoms. The molecule has 0 heterocycles. The zero-order valence-corrected chi connectivity index (χ0v) is 12.2. The van der Waals surface area contributed by atoms with E-state index >= 15 is 0 Å². The summed E-state index contributed by atoms with van der Waals surface area (Å²) in [6.07, 6.45) is 0. The van der Waals surface area contributed by atoms with Gasteiger partial charge >= 0.3 is 8.80 Å². The van der Waals surface area contributed by atoms with Gasteiger partial charge in [0.1, 0.15) is 0 Å². The van der Waals surface area contributed by atoms with Crippen LogP contribution in [-0.4, -0.2) is 28.6 Å². The summed E-state index contributed by atoms with van der Waals surface area (Å²) in [6.45, 7) is 7.28. The van der Waals surface area contributed by atoms with E-state index in [9.17, 15) is 0 Å². The lowest BCUT2D eigenvalue weighted by Crippen LogP contribution is -2.57. The smallest absolute Gasteiger partial charge is 0.399 e. The van der Waals surface area contributed by atoms with Crippen LogP contribution in [-0.2, 0) is 13.3 Å². The van der Waals surface area contributed by atoms with Crippen LogP contribution in [0.2, 0.25) is 0 Å². The van der Waals surface area contributed by atoms with Gasteiger partial charge in [0.25, 0.3) is 0 Å². The molecule has 0 atom stereocenters. The van der Waals surface area contributed by atoms with E-state index < -0.39 is 8.80 Å². The maximum absolute atomic E-state index is 5.82. The molecule has 1 aromatic rings. The standard InChI is InChI=1S/C12H22N2O3Si/c1-4-15-18(16-5-2,17-6-3)12-8-10(13)7-11(14)9-12/h7-9H,4-6,13-14H2,1-3H3. The molecule has 0 spiro atoms. The van der Waals surface area contributed by atoms with Crippen LogP contribution in [0.1, 0.15) is 20.8 Å². The van der Waals surface area contributed by atoms with Gasteiger partial charge in [0, 0.05) is 36.4 Å². The molecule has 1 rings (SSSR count). The van der Waals surface area contributed by atoms with Crippen molar-refractivity contribution < 1.29 is 13.3 Å². The minimum atomic E-state index is -2.89. The topological polar surface area (TPSA) is 79.7 Å². The molecule has 0 fully saturated rings. The van der Waals surface area contributed by atoms with Crippen molar-refractivity contribution in [1.29, 1.82) is 0 Å². The van der Waals surface area contributed by atoms with E-state index in [0.29, 0.717) is 31.2 Å². The van der Waals surface area contributed by atoms with Crippen LogP contribution in [0.3, 0.4) is 0 Å². The molecule has 5 nitrogen and oxygen atoms in total. The average Bonchev–Trinajstić information content (AvgIpc) is 2.28. The monoisotopic (exact) mass is 270 g/mol. The summed E-state index contributed by atoms with van der Waals surface area (Å²) < 4.78 is 17.4. The molecule has 0 aliphatic heterocycles. The van der Waals surface area contributed by atoms with E-state index in [0.717, 1.165) is 5.19 Å². The molecule has 0 amide bonds. The van der Waals surface area contributed by atoms with Crippen molar-refractivity contribution in [3.05, 3.63) is 18.2 Å². The van der Waals surface area contributed by atoms with Gasteiger partial charge in [0.05, 0.1) is 0 Å². The van der Waals surface area contributed by atoms with E-state index in [1.807, 2.05) is 32.9 Å². The van der Waals surface area contributed by atoms with Gasteiger partial charge in [-0.05, 0) is 39.0 Å². The highest BCUT2D eigenvalue weighted by atomic mass is 28.4. The Morgan fingerprint density at radius 1 is 0.833 bits per heavy atom. The van der Waals surface area contributed by atoms with Crippen molar-refractivity contribution in [1.82, 2.24) is 0 Å². The second kappa shape index (κ2) is 6.74. The second-order valence-electron chi connectivity index (χ2n) is 3.74. The van der Waals surface area contributed by atoms with Crippen LogP contribution in [0.4, 0.5) is 11.4 Å². The molecule has 1 aromatic carbocycles. The van der Waals surface area contributed by atoms with Crippen molar-refractivity contribution in [2.24, 2.45) is 0 Å². The lowest BCUT2D eigenvalue weighted by molar-refractivity contribution is 0.0859. The largest absolute Gasteiger partial charge is 0.537 e. The van der Waals surface area contributed by atoms with Gasteiger partial charge in [0.15, 0.2) is 0 Å². The number of hydrogen-bond acceptors (Lipinski definition) is 5. The Morgan fingerprint density at radius 2 is 1.22 bits per heavy atom. The molecule has 0 unspecified atom stereocenters. The molecule has 18 heavy (non-hydrogen) atoms. The predicted octanol–water partition coefficient (Wildman–Crippen LogP) is 1.11. The first-order valence-electron chi connectivity index (χ1n) is 6.16. The quantitative estimate of drug-likeness (QED) is 0.573. The minimum Gasteiger partial charge on any atom is -0.399 e. The summed E-state index contributed by atoms with van der Waals surface area (Å²) in [6, 6.07) is 5.32. The lowest BCUT2D eigenvalue weighted by atomic mass is 10.3. The molecule has 4 N–H and O–H groups in total. The fourth-order valence-electron chi connectivity index (χ4n) is 1.80. The van der Waals surface area contributed by atoms with Crippen LogP contribution >= 0.6 is 0 Å². The zero-order chi connectivity index (χ0) is 13.6. The van der Waals surface area contributed by atoms with Gasteiger partial charge in [-0.25, -0.2) is 0 Å². The Balaban J connectivity index is 3.20. The fourth-order valence-corrected chi connectivity index (χ4v) is 4.38. The van der Waals surface area contributed by atoms with Crippen molar-refractivity contribution in [3.8, 4) is 0 Å². The van der Waals surface area contributed by atoms with Crippen molar-refractivity contribution in [2.75, 3.05) is 31.3 Å². The molecule has 0 aliphatic carbocycles. The normalized spacial score (nSPS) is 11.7. The summed E-state index contributed by atoms with van der Waals surface area (Å²) >= 11 is 0. The first-order valence-corrected chi connectivity index (χ1v) is 7.88. The Morgan fingerprint density at radius 3 is 1.56 bits per heavy atom. The van der Waals surface area contributed by atoms with Crippen LogP contribution in [0, 0.1) is 0 Å². The highest BCUT2D eigenvalue weighted by molar-refractivity contribution is 6.75. The van der Waals surface area contributed by atoms with Crippen LogP contribution < -0.4 is 16.7 Å². The number of nitrogen functional groups attached to an aromatic ring is 2. The van der Waals surface area contributed by atoms with Crippen molar-refractivity contribution in [3.63, 3.8) is 0 Å². The molecular weight excluding hydrogens is 248 g/mol. The molecule has 0 aromatic heterocycles. The first-order chi connectivity index (χ1) is 8.57. The third kappa shape index (κ3) is 3.46. The molecular formula is C12H22N2O3Si.